The number of ether oxygens (including phenoxy) is 1. The fraction of sp³-hybridized carbons (Fsp3) is 0.312. The summed E-state index contributed by atoms with van der Waals surface area (Å²) in [4.78, 5) is 14.1. The zero-order chi connectivity index (χ0) is 15.1. The molecule has 0 aliphatic carbocycles. The van der Waals surface area contributed by atoms with Crippen LogP contribution in [0.15, 0.2) is 41.1 Å². The van der Waals surface area contributed by atoms with Gasteiger partial charge < -0.3 is 9.64 Å². The van der Waals surface area contributed by atoms with E-state index in [0.29, 0.717) is 17.3 Å². The van der Waals surface area contributed by atoms with Crippen molar-refractivity contribution in [2.24, 2.45) is 0 Å². The van der Waals surface area contributed by atoms with Gasteiger partial charge in [0.2, 0.25) is 0 Å². The topological polar surface area (TPSA) is 29.5 Å². The van der Waals surface area contributed by atoms with Gasteiger partial charge in [0.15, 0.2) is 6.61 Å². The van der Waals surface area contributed by atoms with Gasteiger partial charge in [0.1, 0.15) is 5.75 Å². The molecule has 2 aromatic rings. The van der Waals surface area contributed by atoms with E-state index >= 15 is 0 Å². The third-order valence-corrected chi connectivity index (χ3v) is 3.96. The number of nitrogens with zero attached hydrogens (tertiary/aromatic N) is 1. The molecule has 112 valence electrons. The molecule has 0 saturated heterocycles. The Morgan fingerprint density at radius 2 is 2.05 bits per heavy atom. The Morgan fingerprint density at radius 1 is 1.29 bits per heavy atom. The fourth-order valence-electron chi connectivity index (χ4n) is 1.93. The first kappa shape index (κ1) is 15.9. The Kier molecular flexibility index (Phi) is 6.08. The summed E-state index contributed by atoms with van der Waals surface area (Å²) >= 11 is 7.46. The molecule has 21 heavy (non-hydrogen) atoms. The molecule has 0 aliphatic rings. The van der Waals surface area contributed by atoms with Gasteiger partial charge in [0.25, 0.3) is 5.91 Å². The van der Waals surface area contributed by atoms with Gasteiger partial charge in [-0.1, -0.05) is 18.5 Å². The van der Waals surface area contributed by atoms with Gasteiger partial charge in [-0.3, -0.25) is 4.79 Å². The van der Waals surface area contributed by atoms with E-state index in [2.05, 4.69) is 12.3 Å². The van der Waals surface area contributed by atoms with Crippen LogP contribution in [0, 0.1) is 0 Å². The van der Waals surface area contributed by atoms with Crippen LogP contribution >= 0.6 is 22.9 Å². The second-order valence-corrected chi connectivity index (χ2v) is 5.91. The molecular formula is C16H18ClNO2S. The van der Waals surface area contributed by atoms with Gasteiger partial charge in [-0.25, -0.2) is 0 Å². The lowest BCUT2D eigenvalue weighted by Crippen LogP contribution is -2.35. The van der Waals surface area contributed by atoms with Crippen molar-refractivity contribution in [2.75, 3.05) is 13.2 Å². The molecule has 0 fully saturated rings. The molecule has 2 rings (SSSR count). The van der Waals surface area contributed by atoms with Crippen LogP contribution in [0.25, 0.3) is 0 Å². The SMILES string of the molecule is CCCN(Cc1ccsc1)C(=O)COc1ccc(Cl)cc1. The van der Waals surface area contributed by atoms with Crippen LogP contribution < -0.4 is 4.74 Å². The fourth-order valence-corrected chi connectivity index (χ4v) is 2.72. The van der Waals surface area contributed by atoms with Gasteiger partial charge in [0.05, 0.1) is 0 Å². The number of benzene rings is 1. The monoisotopic (exact) mass is 323 g/mol. The van der Waals surface area contributed by atoms with Crippen LogP contribution in [0.2, 0.25) is 5.02 Å². The third kappa shape index (κ3) is 5.06. The molecule has 1 amide bonds. The summed E-state index contributed by atoms with van der Waals surface area (Å²) in [6.45, 7) is 3.48. The zero-order valence-electron chi connectivity index (χ0n) is 11.9. The van der Waals surface area contributed by atoms with Crippen LogP contribution in [0.5, 0.6) is 5.75 Å². The molecule has 0 radical (unpaired) electrons. The molecule has 0 unspecified atom stereocenters. The first-order valence-electron chi connectivity index (χ1n) is 6.86. The third-order valence-electron chi connectivity index (χ3n) is 2.98. The summed E-state index contributed by atoms with van der Waals surface area (Å²) in [6.07, 6.45) is 0.927. The summed E-state index contributed by atoms with van der Waals surface area (Å²) in [5.74, 6) is 0.651. The molecule has 1 aromatic heterocycles. The molecule has 0 aliphatic heterocycles. The van der Waals surface area contributed by atoms with E-state index in [1.54, 1.807) is 35.6 Å². The molecule has 1 aromatic carbocycles. The summed E-state index contributed by atoms with van der Waals surface area (Å²) < 4.78 is 5.52. The molecule has 0 atom stereocenters. The number of carbonyl (C=O) groups excluding carboxylic acids is 1. The van der Waals surface area contributed by atoms with Crippen molar-refractivity contribution in [3.05, 3.63) is 51.7 Å². The maximum Gasteiger partial charge on any atom is 0.260 e. The van der Waals surface area contributed by atoms with Crippen molar-refractivity contribution < 1.29 is 9.53 Å². The number of halogens is 1. The number of carbonyl (C=O) groups is 1. The Hall–Kier alpha value is -1.52. The van der Waals surface area contributed by atoms with Gasteiger partial charge in [-0.05, 0) is 53.1 Å². The van der Waals surface area contributed by atoms with Crippen molar-refractivity contribution in [3.8, 4) is 5.75 Å². The first-order valence-corrected chi connectivity index (χ1v) is 8.18. The van der Waals surface area contributed by atoms with E-state index in [-0.39, 0.29) is 12.5 Å². The lowest BCUT2D eigenvalue weighted by atomic mass is 10.3. The molecule has 1 heterocycles. The highest BCUT2D eigenvalue weighted by molar-refractivity contribution is 7.07. The average Bonchev–Trinajstić information content (AvgIpc) is 2.99. The van der Waals surface area contributed by atoms with Crippen molar-refractivity contribution in [1.29, 1.82) is 0 Å². The normalized spacial score (nSPS) is 10.4. The van der Waals surface area contributed by atoms with E-state index in [0.717, 1.165) is 18.5 Å². The molecule has 0 saturated carbocycles. The number of amides is 1. The maximum absolute atomic E-state index is 12.3. The van der Waals surface area contributed by atoms with Crippen molar-refractivity contribution in [2.45, 2.75) is 19.9 Å². The summed E-state index contributed by atoms with van der Waals surface area (Å²) in [6, 6.07) is 9.06. The van der Waals surface area contributed by atoms with Gasteiger partial charge in [0, 0.05) is 18.1 Å². The highest BCUT2D eigenvalue weighted by Gasteiger charge is 2.14. The minimum atomic E-state index is -0.00185. The van der Waals surface area contributed by atoms with Crippen LogP contribution in [-0.4, -0.2) is 24.0 Å². The Labute approximate surface area is 134 Å². The number of thiophene rings is 1. The minimum Gasteiger partial charge on any atom is -0.484 e. The summed E-state index contributed by atoms with van der Waals surface area (Å²) in [7, 11) is 0. The second kappa shape index (κ2) is 8.05. The number of hydrogen-bond acceptors (Lipinski definition) is 3. The largest absolute Gasteiger partial charge is 0.484 e. The predicted molar refractivity (Wildman–Crippen MR) is 87.0 cm³/mol. The molecule has 0 N–H and O–H groups in total. The minimum absolute atomic E-state index is 0.00185. The second-order valence-electron chi connectivity index (χ2n) is 4.69. The van der Waals surface area contributed by atoms with E-state index in [1.807, 2.05) is 16.3 Å². The van der Waals surface area contributed by atoms with E-state index in [9.17, 15) is 4.79 Å². The Balaban J connectivity index is 1.90. The predicted octanol–water partition coefficient (Wildman–Crippen LogP) is 4.22. The first-order chi connectivity index (χ1) is 10.2. The van der Waals surface area contributed by atoms with E-state index in [4.69, 9.17) is 16.3 Å². The highest BCUT2D eigenvalue weighted by atomic mass is 35.5. The Morgan fingerprint density at radius 3 is 2.67 bits per heavy atom. The van der Waals surface area contributed by atoms with E-state index < -0.39 is 0 Å². The smallest absolute Gasteiger partial charge is 0.260 e. The molecule has 5 heteroatoms. The lowest BCUT2D eigenvalue weighted by Gasteiger charge is -2.21. The lowest BCUT2D eigenvalue weighted by molar-refractivity contribution is -0.134. The molecule has 3 nitrogen and oxygen atoms in total. The van der Waals surface area contributed by atoms with Crippen LogP contribution in [0.3, 0.4) is 0 Å². The number of rotatable bonds is 7. The maximum atomic E-state index is 12.3. The Bertz CT molecular complexity index is 554. The standard InChI is InChI=1S/C16H18ClNO2S/c1-2-8-18(10-13-7-9-21-12-13)16(19)11-20-15-5-3-14(17)4-6-15/h3-7,9,12H,2,8,10-11H2,1H3. The molecule has 0 spiro atoms. The number of hydrogen-bond donors (Lipinski definition) is 0. The summed E-state index contributed by atoms with van der Waals surface area (Å²) in [5.41, 5.74) is 1.16. The average molecular weight is 324 g/mol. The van der Waals surface area contributed by atoms with E-state index in [1.165, 1.54) is 0 Å². The zero-order valence-corrected chi connectivity index (χ0v) is 13.5. The van der Waals surface area contributed by atoms with Gasteiger partial charge >= 0.3 is 0 Å². The van der Waals surface area contributed by atoms with Crippen LogP contribution in [0.1, 0.15) is 18.9 Å². The van der Waals surface area contributed by atoms with Gasteiger partial charge in [-0.2, -0.15) is 11.3 Å². The highest BCUT2D eigenvalue weighted by Crippen LogP contribution is 2.16. The van der Waals surface area contributed by atoms with Crippen LogP contribution in [-0.2, 0) is 11.3 Å². The summed E-state index contributed by atoms with van der Waals surface area (Å²) in [5, 5.41) is 4.74. The molecular weight excluding hydrogens is 306 g/mol. The molecule has 0 bridgehead atoms. The van der Waals surface area contributed by atoms with Crippen LogP contribution in [0.4, 0.5) is 0 Å². The van der Waals surface area contributed by atoms with Crippen molar-refractivity contribution >= 4 is 28.8 Å². The van der Waals surface area contributed by atoms with Crippen molar-refractivity contribution in [1.82, 2.24) is 4.90 Å². The van der Waals surface area contributed by atoms with Crippen molar-refractivity contribution in [3.63, 3.8) is 0 Å². The van der Waals surface area contributed by atoms with Gasteiger partial charge in [-0.15, -0.1) is 0 Å². The quantitative estimate of drug-likeness (QED) is 0.763.